The number of hydrogen-bond donors (Lipinski definition) is 1. The summed E-state index contributed by atoms with van der Waals surface area (Å²) in [4.78, 5) is 38.6. The van der Waals surface area contributed by atoms with Crippen molar-refractivity contribution in [3.8, 4) is 0 Å². The number of nitrogens with zero attached hydrogens (tertiary/aromatic N) is 1. The van der Waals surface area contributed by atoms with E-state index in [9.17, 15) is 18.8 Å². The van der Waals surface area contributed by atoms with Gasteiger partial charge in [0, 0.05) is 0 Å². The van der Waals surface area contributed by atoms with Crippen LogP contribution in [0.2, 0.25) is 13.1 Å². The first kappa shape index (κ1) is 19.2. The molecule has 1 radical (unpaired) electrons. The minimum atomic E-state index is -1.96. The van der Waals surface area contributed by atoms with E-state index < -0.39 is 38.0 Å². The first-order valence-electron chi connectivity index (χ1n) is 8.36. The average Bonchev–Trinajstić information content (AvgIpc) is 2.82. The van der Waals surface area contributed by atoms with Crippen LogP contribution in [0, 0.1) is 5.82 Å². The molecule has 2 heterocycles. The number of cyclic esters (lactones) is 1. The van der Waals surface area contributed by atoms with Crippen molar-refractivity contribution in [2.75, 3.05) is 0 Å². The molecule has 0 bridgehead atoms. The van der Waals surface area contributed by atoms with Crippen LogP contribution in [-0.4, -0.2) is 24.6 Å². The number of rotatable bonds is 3. The molecule has 0 saturated carbocycles. The number of fused-ring (bicyclic) bond motifs is 1. The monoisotopic (exact) mass is 391 g/mol. The van der Waals surface area contributed by atoms with Gasteiger partial charge in [-0.1, -0.05) is 32.9 Å². The van der Waals surface area contributed by atoms with Crippen LogP contribution in [0.5, 0.6) is 0 Å². The minimum Gasteiger partial charge on any atom is -0.406 e. The average molecular weight is 391 g/mol. The molecule has 1 N–H and O–H groups in total. The summed E-state index contributed by atoms with van der Waals surface area (Å²) in [6.45, 7) is 9.41. The van der Waals surface area contributed by atoms with E-state index in [0.29, 0.717) is 11.8 Å². The van der Waals surface area contributed by atoms with Crippen LogP contribution in [0.25, 0.3) is 0 Å². The summed E-state index contributed by atoms with van der Waals surface area (Å²) in [6.07, 6.45) is 0.706. The molecule has 7 nitrogen and oxygen atoms in total. The molecule has 0 saturated heterocycles. The summed E-state index contributed by atoms with van der Waals surface area (Å²) in [5, 5.41) is 0. The van der Waals surface area contributed by atoms with E-state index in [4.69, 9.17) is 9.16 Å². The van der Waals surface area contributed by atoms with Gasteiger partial charge in [-0.25, -0.2) is 14.2 Å². The van der Waals surface area contributed by atoms with Gasteiger partial charge >= 0.3 is 17.6 Å². The molecule has 1 aromatic heterocycles. The number of nitrogens with one attached hydrogen (secondary N) is 1. The first-order chi connectivity index (χ1) is 12.5. The molecule has 1 aromatic carbocycles. The highest BCUT2D eigenvalue weighted by molar-refractivity contribution is 6.48. The largest absolute Gasteiger partial charge is 0.406 e. The molecule has 1 unspecified atom stereocenters. The quantitative estimate of drug-likeness (QED) is 0.639. The van der Waals surface area contributed by atoms with Crippen LogP contribution in [0.1, 0.15) is 42.3 Å². The molecule has 2 aromatic rings. The van der Waals surface area contributed by atoms with Gasteiger partial charge in [0.15, 0.2) is 0 Å². The Kier molecular flexibility index (Phi) is 4.47. The summed E-state index contributed by atoms with van der Waals surface area (Å²) in [7, 11) is -1.53. The molecule has 1 atom stereocenters. The van der Waals surface area contributed by atoms with E-state index in [1.165, 1.54) is 0 Å². The maximum absolute atomic E-state index is 14.0. The third kappa shape index (κ3) is 3.06. The van der Waals surface area contributed by atoms with Gasteiger partial charge in [-0.15, -0.1) is 0 Å². The summed E-state index contributed by atoms with van der Waals surface area (Å²) >= 11 is 0. The van der Waals surface area contributed by atoms with Crippen molar-refractivity contribution in [2.45, 2.75) is 45.2 Å². The highest BCUT2D eigenvalue weighted by Gasteiger charge is 2.52. The maximum atomic E-state index is 14.0. The second kappa shape index (κ2) is 6.27. The highest BCUT2D eigenvalue weighted by Crippen LogP contribution is 2.42. The highest BCUT2D eigenvalue weighted by atomic mass is 28.3. The molecule has 27 heavy (non-hydrogen) atoms. The third-order valence-electron chi connectivity index (χ3n) is 4.21. The predicted octanol–water partition coefficient (Wildman–Crippen LogP) is 2.07. The Hall–Kier alpha value is -2.52. The lowest BCUT2D eigenvalue weighted by Gasteiger charge is -2.32. The van der Waals surface area contributed by atoms with E-state index in [0.717, 1.165) is 10.1 Å². The van der Waals surface area contributed by atoms with Gasteiger partial charge in [0.1, 0.15) is 0 Å². The Bertz CT molecular complexity index is 1040. The number of benzene rings is 1. The SMILES string of the molecule is C[Si](C)OC1(n2cc(F)c(=O)[nH]c2=O)OC(=O)c2c(C(C)(C)C)cccc21. The molecule has 9 heteroatoms. The topological polar surface area (TPSA) is 90.4 Å². The zero-order chi connectivity index (χ0) is 20.1. The second-order valence-corrected chi connectivity index (χ2v) is 9.59. The van der Waals surface area contributed by atoms with Gasteiger partial charge in [0.25, 0.3) is 5.56 Å². The molecule has 0 amide bonds. The predicted molar refractivity (Wildman–Crippen MR) is 97.5 cm³/mol. The molecule has 0 spiro atoms. The van der Waals surface area contributed by atoms with Gasteiger partial charge in [0.2, 0.25) is 14.9 Å². The van der Waals surface area contributed by atoms with Crippen LogP contribution < -0.4 is 11.2 Å². The van der Waals surface area contributed by atoms with Crippen molar-refractivity contribution in [1.82, 2.24) is 9.55 Å². The standard InChI is InChI=1S/C18H20FN2O5Si/c1-17(2,3)10-7-6-8-11-13(10)15(23)25-18(11,26-27(4)5)21-9-12(19)14(22)20-16(21)24/h6-9H,1-5H3,(H,20,22,24). The number of H-pyrrole nitrogens is 1. The molecule has 3 rings (SSSR count). The molecule has 1 aliphatic rings. The van der Waals surface area contributed by atoms with Gasteiger partial charge in [-0.05, 0) is 30.1 Å². The van der Waals surface area contributed by atoms with Gasteiger partial charge < -0.3 is 9.16 Å². The van der Waals surface area contributed by atoms with Crippen molar-refractivity contribution < 1.29 is 18.3 Å². The molecular weight excluding hydrogens is 371 g/mol. The van der Waals surface area contributed by atoms with Gasteiger partial charge in [0.05, 0.1) is 17.3 Å². The molecule has 1 aliphatic heterocycles. The van der Waals surface area contributed by atoms with Crippen molar-refractivity contribution >= 4 is 15.0 Å². The number of carbonyl (C=O) groups excluding carboxylic acids is 1. The number of esters is 1. The Morgan fingerprint density at radius 2 is 1.89 bits per heavy atom. The normalized spacial score (nSPS) is 19.3. The number of hydrogen-bond acceptors (Lipinski definition) is 5. The number of ether oxygens (including phenoxy) is 1. The third-order valence-corrected chi connectivity index (χ3v) is 4.89. The summed E-state index contributed by atoms with van der Waals surface area (Å²) in [5.41, 5.74) is -1.17. The Balaban J connectivity index is 2.39. The fourth-order valence-electron chi connectivity index (χ4n) is 3.14. The van der Waals surface area contributed by atoms with E-state index in [2.05, 4.69) is 0 Å². The number of carbonyl (C=O) groups is 1. The van der Waals surface area contributed by atoms with Crippen LogP contribution >= 0.6 is 0 Å². The number of halogens is 1. The first-order valence-corrected chi connectivity index (χ1v) is 10.8. The van der Waals surface area contributed by atoms with Crippen LogP contribution in [0.3, 0.4) is 0 Å². The maximum Gasteiger partial charge on any atom is 0.343 e. The van der Waals surface area contributed by atoms with Crippen molar-refractivity contribution in [2.24, 2.45) is 0 Å². The van der Waals surface area contributed by atoms with Crippen LogP contribution in [0.4, 0.5) is 4.39 Å². The van der Waals surface area contributed by atoms with Crippen molar-refractivity contribution in [3.63, 3.8) is 0 Å². The van der Waals surface area contributed by atoms with E-state index in [-0.39, 0.29) is 11.0 Å². The van der Waals surface area contributed by atoms with Gasteiger partial charge in [-0.2, -0.15) is 4.39 Å². The number of aromatic nitrogens is 2. The smallest absolute Gasteiger partial charge is 0.343 e. The van der Waals surface area contributed by atoms with E-state index >= 15 is 0 Å². The lowest BCUT2D eigenvalue weighted by molar-refractivity contribution is -0.169. The molecule has 0 aliphatic carbocycles. The summed E-state index contributed by atoms with van der Waals surface area (Å²) < 4.78 is 26.3. The minimum absolute atomic E-state index is 0.284. The second-order valence-electron chi connectivity index (χ2n) is 7.57. The Morgan fingerprint density at radius 1 is 1.22 bits per heavy atom. The summed E-state index contributed by atoms with van der Waals surface area (Å²) in [5.74, 6) is -3.82. The van der Waals surface area contributed by atoms with Crippen molar-refractivity contribution in [3.05, 3.63) is 67.7 Å². The van der Waals surface area contributed by atoms with E-state index in [1.54, 1.807) is 31.3 Å². The lowest BCUT2D eigenvalue weighted by Crippen LogP contribution is -2.49. The zero-order valence-corrected chi connectivity index (χ0v) is 16.7. The molecule has 143 valence electrons. The zero-order valence-electron chi connectivity index (χ0n) is 15.7. The fourth-order valence-corrected chi connectivity index (χ4v) is 3.94. The van der Waals surface area contributed by atoms with Crippen LogP contribution in [0.15, 0.2) is 34.0 Å². The van der Waals surface area contributed by atoms with E-state index in [1.807, 2.05) is 25.8 Å². The Morgan fingerprint density at radius 3 is 2.48 bits per heavy atom. The fraction of sp³-hybridized carbons (Fsp3) is 0.389. The molecule has 0 fully saturated rings. The number of aromatic amines is 1. The Labute approximate surface area is 156 Å². The van der Waals surface area contributed by atoms with Crippen molar-refractivity contribution in [1.29, 1.82) is 0 Å². The summed E-state index contributed by atoms with van der Waals surface area (Å²) in [6, 6.07) is 5.14. The molecular formula is C18H20FN2O5Si. The van der Waals surface area contributed by atoms with Gasteiger partial charge in [-0.3, -0.25) is 9.78 Å². The lowest BCUT2D eigenvalue weighted by atomic mass is 9.82. The van der Waals surface area contributed by atoms with Crippen LogP contribution in [-0.2, 0) is 20.5 Å².